The third-order valence-corrected chi connectivity index (χ3v) is 3.07. The summed E-state index contributed by atoms with van der Waals surface area (Å²) >= 11 is 0. The summed E-state index contributed by atoms with van der Waals surface area (Å²) in [6.07, 6.45) is 0.663. The number of aromatic nitrogens is 1. The highest BCUT2D eigenvalue weighted by Gasteiger charge is 2.25. The molecule has 0 aliphatic heterocycles. The molecule has 112 valence electrons. The quantitative estimate of drug-likeness (QED) is 0.670. The van der Waals surface area contributed by atoms with Crippen LogP contribution in [0, 0.1) is 16.0 Å². The first-order valence-corrected chi connectivity index (χ1v) is 6.51. The summed E-state index contributed by atoms with van der Waals surface area (Å²) in [6.45, 7) is 4.09. The van der Waals surface area contributed by atoms with Crippen molar-refractivity contribution >= 4 is 11.5 Å². The molecule has 0 spiro atoms. The van der Waals surface area contributed by atoms with Gasteiger partial charge >= 0.3 is 5.69 Å². The molecule has 0 saturated carbocycles. The summed E-state index contributed by atoms with van der Waals surface area (Å²) in [5.41, 5.74) is 6.93. The van der Waals surface area contributed by atoms with E-state index in [4.69, 9.17) is 15.0 Å². The summed E-state index contributed by atoms with van der Waals surface area (Å²) in [6, 6.07) is 4.65. The third kappa shape index (κ3) is 2.81. The molecule has 7 nitrogen and oxygen atoms in total. The summed E-state index contributed by atoms with van der Waals surface area (Å²) in [5, 5.41) is 14.9. The van der Waals surface area contributed by atoms with Crippen LogP contribution in [-0.2, 0) is 6.42 Å². The lowest BCUT2D eigenvalue weighted by Gasteiger charge is -2.09. The molecule has 21 heavy (non-hydrogen) atoms. The molecule has 1 aromatic heterocycles. The summed E-state index contributed by atoms with van der Waals surface area (Å²) in [7, 11) is 1.38. The number of nitrogen functional groups attached to an aromatic ring is 1. The van der Waals surface area contributed by atoms with Crippen molar-refractivity contribution in [3.8, 4) is 17.1 Å². The second kappa shape index (κ2) is 5.82. The largest absolute Gasteiger partial charge is 0.490 e. The average molecular weight is 291 g/mol. The molecule has 0 bridgehead atoms. The smallest absolute Gasteiger partial charge is 0.311 e. The van der Waals surface area contributed by atoms with Crippen molar-refractivity contribution < 1.29 is 14.2 Å². The molecule has 1 aromatic carbocycles. The number of nitro benzene ring substituents is 1. The standard InChI is InChI=1S/C14H17N3O4/c1-8(2)7-10-12(21-16-14(10)15)9-5-4-6-11(17(18)19)13(9)20-3/h4-6,8H,7H2,1-3H3,(H2,15,16). The Hall–Kier alpha value is -2.57. The summed E-state index contributed by atoms with van der Waals surface area (Å²) in [4.78, 5) is 10.6. The molecule has 0 aliphatic rings. The molecule has 7 heteroatoms. The van der Waals surface area contributed by atoms with E-state index in [9.17, 15) is 10.1 Å². The Labute approximate surface area is 121 Å². The van der Waals surface area contributed by atoms with Crippen LogP contribution in [0.5, 0.6) is 5.75 Å². The number of hydrogen-bond acceptors (Lipinski definition) is 6. The number of benzene rings is 1. The molecule has 0 unspecified atom stereocenters. The van der Waals surface area contributed by atoms with Crippen LogP contribution in [0.15, 0.2) is 22.7 Å². The maximum absolute atomic E-state index is 11.1. The number of methoxy groups -OCH3 is 1. The minimum Gasteiger partial charge on any atom is -0.490 e. The number of nitrogens with two attached hydrogens (primary N) is 1. The maximum Gasteiger partial charge on any atom is 0.311 e. The van der Waals surface area contributed by atoms with E-state index in [0.29, 0.717) is 29.5 Å². The molecule has 0 fully saturated rings. The van der Waals surface area contributed by atoms with Gasteiger partial charge in [-0.05, 0) is 18.4 Å². The molecule has 2 rings (SSSR count). The van der Waals surface area contributed by atoms with Crippen molar-refractivity contribution in [2.45, 2.75) is 20.3 Å². The maximum atomic E-state index is 11.1. The Bertz CT molecular complexity index is 664. The zero-order chi connectivity index (χ0) is 15.6. The SMILES string of the molecule is COc1c(-c2onc(N)c2CC(C)C)cccc1[N+](=O)[O-]. The number of rotatable bonds is 5. The fourth-order valence-electron chi connectivity index (χ4n) is 2.20. The van der Waals surface area contributed by atoms with E-state index in [0.717, 1.165) is 5.56 Å². The van der Waals surface area contributed by atoms with Crippen molar-refractivity contribution in [2.75, 3.05) is 12.8 Å². The average Bonchev–Trinajstić information content (AvgIpc) is 2.78. The van der Waals surface area contributed by atoms with E-state index in [1.165, 1.54) is 13.2 Å². The van der Waals surface area contributed by atoms with E-state index in [-0.39, 0.29) is 11.4 Å². The van der Waals surface area contributed by atoms with E-state index in [1.54, 1.807) is 12.1 Å². The van der Waals surface area contributed by atoms with Crippen molar-refractivity contribution in [3.05, 3.63) is 33.9 Å². The van der Waals surface area contributed by atoms with E-state index < -0.39 is 4.92 Å². The number of nitrogens with zero attached hydrogens (tertiary/aromatic N) is 2. The zero-order valence-corrected chi connectivity index (χ0v) is 12.1. The second-order valence-electron chi connectivity index (χ2n) is 5.09. The van der Waals surface area contributed by atoms with Gasteiger partial charge in [-0.1, -0.05) is 25.1 Å². The Balaban J connectivity index is 2.62. The Morgan fingerprint density at radius 2 is 2.19 bits per heavy atom. The molecule has 0 amide bonds. The normalized spacial score (nSPS) is 10.9. The highest BCUT2D eigenvalue weighted by molar-refractivity contribution is 5.76. The first-order chi connectivity index (χ1) is 9.95. The fraction of sp³-hybridized carbons (Fsp3) is 0.357. The van der Waals surface area contributed by atoms with Gasteiger partial charge in [0.1, 0.15) is 0 Å². The van der Waals surface area contributed by atoms with Gasteiger partial charge in [-0.2, -0.15) is 0 Å². The van der Waals surface area contributed by atoms with Gasteiger partial charge in [-0.15, -0.1) is 0 Å². The molecule has 0 radical (unpaired) electrons. The molecule has 1 heterocycles. The topological polar surface area (TPSA) is 104 Å². The minimum absolute atomic E-state index is 0.125. The summed E-state index contributed by atoms with van der Waals surface area (Å²) in [5.74, 6) is 1.20. The van der Waals surface area contributed by atoms with Crippen molar-refractivity contribution in [1.29, 1.82) is 0 Å². The first-order valence-electron chi connectivity index (χ1n) is 6.51. The van der Waals surface area contributed by atoms with Gasteiger partial charge in [-0.25, -0.2) is 0 Å². The van der Waals surface area contributed by atoms with Gasteiger partial charge in [-0.3, -0.25) is 10.1 Å². The number of nitro groups is 1. The van der Waals surface area contributed by atoms with Gasteiger partial charge in [0.25, 0.3) is 0 Å². The third-order valence-electron chi connectivity index (χ3n) is 3.07. The highest BCUT2D eigenvalue weighted by atomic mass is 16.6. The van der Waals surface area contributed by atoms with Crippen LogP contribution in [0.1, 0.15) is 19.4 Å². The Kier molecular flexibility index (Phi) is 4.11. The van der Waals surface area contributed by atoms with E-state index in [1.807, 2.05) is 13.8 Å². The molecule has 0 saturated heterocycles. The van der Waals surface area contributed by atoms with Crippen LogP contribution in [-0.4, -0.2) is 17.2 Å². The van der Waals surface area contributed by atoms with Crippen LogP contribution in [0.2, 0.25) is 0 Å². The molecular weight excluding hydrogens is 274 g/mol. The number of ether oxygens (including phenoxy) is 1. The van der Waals surface area contributed by atoms with Crippen molar-refractivity contribution in [1.82, 2.24) is 5.16 Å². The van der Waals surface area contributed by atoms with Gasteiger partial charge in [0.2, 0.25) is 5.75 Å². The number of para-hydroxylation sites is 1. The van der Waals surface area contributed by atoms with E-state index >= 15 is 0 Å². The van der Waals surface area contributed by atoms with Gasteiger partial charge in [0.05, 0.1) is 17.6 Å². The highest BCUT2D eigenvalue weighted by Crippen LogP contribution is 2.40. The van der Waals surface area contributed by atoms with Crippen LogP contribution >= 0.6 is 0 Å². The number of hydrogen-bond donors (Lipinski definition) is 1. The lowest BCUT2D eigenvalue weighted by Crippen LogP contribution is -2.00. The van der Waals surface area contributed by atoms with Gasteiger partial charge in [0.15, 0.2) is 11.6 Å². The molecule has 2 N–H and O–H groups in total. The molecule has 0 aliphatic carbocycles. The lowest BCUT2D eigenvalue weighted by atomic mass is 9.99. The van der Waals surface area contributed by atoms with Crippen LogP contribution < -0.4 is 10.5 Å². The summed E-state index contributed by atoms with van der Waals surface area (Å²) < 4.78 is 10.5. The van der Waals surface area contributed by atoms with Crippen molar-refractivity contribution in [2.24, 2.45) is 5.92 Å². The second-order valence-corrected chi connectivity index (χ2v) is 5.09. The predicted molar refractivity (Wildman–Crippen MR) is 78.1 cm³/mol. The van der Waals surface area contributed by atoms with E-state index in [2.05, 4.69) is 5.16 Å². The van der Waals surface area contributed by atoms with Crippen LogP contribution in [0.25, 0.3) is 11.3 Å². The minimum atomic E-state index is -0.496. The van der Waals surface area contributed by atoms with Crippen LogP contribution in [0.3, 0.4) is 0 Å². The first kappa shape index (κ1) is 14.8. The Morgan fingerprint density at radius 3 is 2.76 bits per heavy atom. The fourth-order valence-corrected chi connectivity index (χ4v) is 2.20. The van der Waals surface area contributed by atoms with Crippen molar-refractivity contribution in [3.63, 3.8) is 0 Å². The zero-order valence-electron chi connectivity index (χ0n) is 12.1. The van der Waals surface area contributed by atoms with Crippen LogP contribution in [0.4, 0.5) is 11.5 Å². The molecule has 0 atom stereocenters. The van der Waals surface area contributed by atoms with Gasteiger partial charge in [0, 0.05) is 11.6 Å². The lowest BCUT2D eigenvalue weighted by molar-refractivity contribution is -0.385. The predicted octanol–water partition coefficient (Wildman–Crippen LogP) is 3.04. The molecular formula is C14H17N3O4. The molecule has 2 aromatic rings. The van der Waals surface area contributed by atoms with Gasteiger partial charge < -0.3 is 15.0 Å². The monoisotopic (exact) mass is 291 g/mol. The Morgan fingerprint density at radius 1 is 1.48 bits per heavy atom. The number of anilines is 1.